The second-order valence-corrected chi connectivity index (χ2v) is 5.20. The van der Waals surface area contributed by atoms with Gasteiger partial charge in [-0.25, -0.2) is 0 Å². The van der Waals surface area contributed by atoms with Crippen LogP contribution in [0.2, 0.25) is 0 Å². The molecular weight excluding hydrogens is 208 g/mol. The van der Waals surface area contributed by atoms with Crippen molar-refractivity contribution in [3.8, 4) is 0 Å². The highest BCUT2D eigenvalue weighted by Crippen LogP contribution is 2.32. The van der Waals surface area contributed by atoms with Crippen LogP contribution in [-0.2, 0) is 13.0 Å². The molecule has 2 nitrogen and oxygen atoms in total. The van der Waals surface area contributed by atoms with Gasteiger partial charge in [0, 0.05) is 18.3 Å². The zero-order chi connectivity index (χ0) is 11.7. The number of aryl methyl sites for hydroxylation is 1. The Bertz CT molecular complexity index is 509. The molecule has 0 amide bonds. The first-order chi connectivity index (χ1) is 8.36. The van der Waals surface area contributed by atoms with E-state index in [1.54, 1.807) is 0 Å². The smallest absolute Gasteiger partial charge is 0.0483 e. The summed E-state index contributed by atoms with van der Waals surface area (Å²) in [5.74, 6) is 0.929. The molecule has 1 fully saturated rings. The highest BCUT2D eigenvalue weighted by molar-refractivity contribution is 5.80. The number of aromatic nitrogens is 1. The SMILES string of the molecule is NCCCc1ccc2ccn(CC3CC3)c2c1. The van der Waals surface area contributed by atoms with Crippen LogP contribution >= 0.6 is 0 Å². The monoisotopic (exact) mass is 228 g/mol. The van der Waals surface area contributed by atoms with Crippen LogP contribution in [0.1, 0.15) is 24.8 Å². The predicted octanol–water partition coefficient (Wildman–Crippen LogP) is 2.94. The average molecular weight is 228 g/mol. The molecule has 2 heteroatoms. The normalized spacial score (nSPS) is 15.6. The highest BCUT2D eigenvalue weighted by Gasteiger charge is 2.21. The van der Waals surface area contributed by atoms with Crippen LogP contribution in [0.3, 0.4) is 0 Å². The fourth-order valence-corrected chi connectivity index (χ4v) is 2.43. The van der Waals surface area contributed by atoms with Gasteiger partial charge < -0.3 is 10.3 Å². The van der Waals surface area contributed by atoms with Gasteiger partial charge in [-0.3, -0.25) is 0 Å². The molecule has 17 heavy (non-hydrogen) atoms. The molecule has 0 unspecified atom stereocenters. The lowest BCUT2D eigenvalue weighted by Gasteiger charge is -2.06. The Morgan fingerprint density at radius 1 is 1.24 bits per heavy atom. The number of hydrogen-bond acceptors (Lipinski definition) is 1. The molecule has 90 valence electrons. The number of rotatable bonds is 5. The number of hydrogen-bond donors (Lipinski definition) is 1. The van der Waals surface area contributed by atoms with E-state index in [9.17, 15) is 0 Å². The molecule has 1 heterocycles. The summed E-state index contributed by atoms with van der Waals surface area (Å²) in [6.07, 6.45) is 7.23. The van der Waals surface area contributed by atoms with Gasteiger partial charge in [0.1, 0.15) is 0 Å². The molecule has 2 N–H and O–H groups in total. The third-order valence-electron chi connectivity index (χ3n) is 3.66. The van der Waals surface area contributed by atoms with Crippen LogP contribution < -0.4 is 5.73 Å². The molecule has 1 saturated carbocycles. The molecule has 1 aliphatic rings. The Morgan fingerprint density at radius 2 is 2.12 bits per heavy atom. The van der Waals surface area contributed by atoms with E-state index in [4.69, 9.17) is 5.73 Å². The molecule has 2 aromatic rings. The van der Waals surface area contributed by atoms with Gasteiger partial charge in [0.05, 0.1) is 0 Å². The van der Waals surface area contributed by atoms with Gasteiger partial charge in [-0.05, 0) is 61.2 Å². The van der Waals surface area contributed by atoms with Crippen LogP contribution in [0.15, 0.2) is 30.5 Å². The van der Waals surface area contributed by atoms with E-state index in [0.717, 1.165) is 25.3 Å². The molecule has 1 aromatic carbocycles. The molecule has 0 bridgehead atoms. The summed E-state index contributed by atoms with van der Waals surface area (Å²) in [5.41, 5.74) is 8.38. The second-order valence-electron chi connectivity index (χ2n) is 5.20. The number of fused-ring (bicyclic) bond motifs is 1. The molecule has 0 radical (unpaired) electrons. The molecule has 1 aromatic heterocycles. The number of benzene rings is 1. The molecule has 3 rings (SSSR count). The number of nitrogens with zero attached hydrogens (tertiary/aromatic N) is 1. The maximum absolute atomic E-state index is 5.57. The van der Waals surface area contributed by atoms with Crippen LogP contribution in [0.4, 0.5) is 0 Å². The minimum atomic E-state index is 0.779. The largest absolute Gasteiger partial charge is 0.347 e. The Balaban J connectivity index is 1.88. The zero-order valence-corrected chi connectivity index (χ0v) is 10.2. The van der Waals surface area contributed by atoms with Gasteiger partial charge in [0.15, 0.2) is 0 Å². The summed E-state index contributed by atoms with van der Waals surface area (Å²) in [7, 11) is 0. The Hall–Kier alpha value is -1.28. The van der Waals surface area contributed by atoms with Gasteiger partial charge in [-0.2, -0.15) is 0 Å². The van der Waals surface area contributed by atoms with Gasteiger partial charge in [-0.1, -0.05) is 12.1 Å². The summed E-state index contributed by atoms with van der Waals surface area (Å²) in [5, 5.41) is 1.36. The van der Waals surface area contributed by atoms with Crippen molar-refractivity contribution in [2.75, 3.05) is 6.54 Å². The summed E-state index contributed by atoms with van der Waals surface area (Å²) in [6.45, 7) is 1.98. The van der Waals surface area contributed by atoms with E-state index in [2.05, 4.69) is 35.0 Å². The predicted molar refractivity (Wildman–Crippen MR) is 72.0 cm³/mol. The lowest BCUT2D eigenvalue weighted by atomic mass is 10.1. The van der Waals surface area contributed by atoms with Crippen molar-refractivity contribution in [1.82, 2.24) is 4.57 Å². The summed E-state index contributed by atoms with van der Waals surface area (Å²) in [6, 6.07) is 9.04. The molecular formula is C15H20N2. The average Bonchev–Trinajstić information content (AvgIpc) is 3.08. The molecule has 0 atom stereocenters. The van der Waals surface area contributed by atoms with E-state index in [0.29, 0.717) is 0 Å². The third-order valence-corrected chi connectivity index (χ3v) is 3.66. The van der Waals surface area contributed by atoms with Crippen LogP contribution in [0, 0.1) is 5.92 Å². The summed E-state index contributed by atoms with van der Waals surface area (Å²) >= 11 is 0. The van der Waals surface area contributed by atoms with Crippen LogP contribution in [0.5, 0.6) is 0 Å². The van der Waals surface area contributed by atoms with Crippen molar-refractivity contribution in [1.29, 1.82) is 0 Å². The molecule has 0 spiro atoms. The summed E-state index contributed by atoms with van der Waals surface area (Å²) in [4.78, 5) is 0. The first kappa shape index (κ1) is 10.8. The van der Waals surface area contributed by atoms with E-state index in [1.807, 2.05) is 0 Å². The Kier molecular flexibility index (Phi) is 2.89. The quantitative estimate of drug-likeness (QED) is 0.838. The maximum atomic E-state index is 5.57. The van der Waals surface area contributed by atoms with Crippen molar-refractivity contribution < 1.29 is 0 Å². The lowest BCUT2D eigenvalue weighted by molar-refractivity contribution is 0.647. The standard InChI is InChI=1S/C15H20N2/c16-8-1-2-12-5-6-14-7-9-17(15(14)10-12)11-13-3-4-13/h5-7,9-10,13H,1-4,8,11,16H2. The van der Waals surface area contributed by atoms with Crippen molar-refractivity contribution >= 4 is 10.9 Å². The van der Waals surface area contributed by atoms with Crippen molar-refractivity contribution in [2.24, 2.45) is 11.7 Å². The first-order valence-electron chi connectivity index (χ1n) is 6.64. The second kappa shape index (κ2) is 4.53. The Morgan fingerprint density at radius 3 is 2.88 bits per heavy atom. The lowest BCUT2D eigenvalue weighted by Crippen LogP contribution is -2.01. The van der Waals surface area contributed by atoms with E-state index < -0.39 is 0 Å². The third kappa shape index (κ3) is 2.37. The summed E-state index contributed by atoms with van der Waals surface area (Å²) < 4.78 is 2.42. The van der Waals surface area contributed by atoms with Gasteiger partial charge >= 0.3 is 0 Å². The van der Waals surface area contributed by atoms with Gasteiger partial charge in [-0.15, -0.1) is 0 Å². The first-order valence-corrected chi connectivity index (χ1v) is 6.64. The van der Waals surface area contributed by atoms with Crippen molar-refractivity contribution in [3.63, 3.8) is 0 Å². The van der Waals surface area contributed by atoms with Gasteiger partial charge in [0.2, 0.25) is 0 Å². The van der Waals surface area contributed by atoms with Crippen molar-refractivity contribution in [2.45, 2.75) is 32.2 Å². The van der Waals surface area contributed by atoms with Crippen LogP contribution in [-0.4, -0.2) is 11.1 Å². The minimum Gasteiger partial charge on any atom is -0.347 e. The fraction of sp³-hybridized carbons (Fsp3) is 0.467. The van der Waals surface area contributed by atoms with Gasteiger partial charge in [0.25, 0.3) is 0 Å². The van der Waals surface area contributed by atoms with Crippen LogP contribution in [0.25, 0.3) is 10.9 Å². The molecule has 1 aliphatic carbocycles. The van der Waals surface area contributed by atoms with E-state index in [-0.39, 0.29) is 0 Å². The van der Waals surface area contributed by atoms with E-state index in [1.165, 1.54) is 35.9 Å². The van der Waals surface area contributed by atoms with E-state index >= 15 is 0 Å². The Labute approximate surface area is 102 Å². The van der Waals surface area contributed by atoms with Crippen molar-refractivity contribution in [3.05, 3.63) is 36.0 Å². The fourth-order valence-electron chi connectivity index (χ4n) is 2.43. The highest BCUT2D eigenvalue weighted by atomic mass is 15.0. The maximum Gasteiger partial charge on any atom is 0.0483 e. The number of nitrogens with two attached hydrogens (primary N) is 1. The molecule has 0 aliphatic heterocycles. The topological polar surface area (TPSA) is 30.9 Å². The minimum absolute atomic E-state index is 0.779. The molecule has 0 saturated heterocycles. The zero-order valence-electron chi connectivity index (χ0n) is 10.2.